The maximum Gasteiger partial charge on any atom is 0.134 e. The number of anilines is 1. The summed E-state index contributed by atoms with van der Waals surface area (Å²) in [5, 5.41) is 8.01. The molecule has 6 heteroatoms. The summed E-state index contributed by atoms with van der Waals surface area (Å²) >= 11 is 5.14. The Morgan fingerprint density at radius 1 is 1.47 bits per heavy atom. The molecular weight excluding hydrogens is 258 g/mol. The number of piperidine rings is 1. The number of hydrogen-bond donors (Lipinski definition) is 2. The molecule has 3 N–H and O–H groups in total. The molecule has 0 bridgehead atoms. The van der Waals surface area contributed by atoms with Crippen LogP contribution in [-0.2, 0) is 7.05 Å². The molecule has 2 atom stereocenters. The molecule has 2 rings (SSSR count). The molecule has 1 aromatic heterocycles. The van der Waals surface area contributed by atoms with E-state index in [-0.39, 0.29) is 0 Å². The fourth-order valence-electron chi connectivity index (χ4n) is 2.86. The zero-order valence-corrected chi connectivity index (χ0v) is 12.9. The Kier molecular flexibility index (Phi) is 4.10. The lowest BCUT2D eigenvalue weighted by molar-refractivity contribution is 0.206. The summed E-state index contributed by atoms with van der Waals surface area (Å²) in [6.07, 6.45) is 1.12. The molecule has 106 valence electrons. The van der Waals surface area contributed by atoms with Gasteiger partial charge in [-0.1, -0.05) is 19.1 Å². The van der Waals surface area contributed by atoms with Crippen LogP contribution >= 0.6 is 12.2 Å². The summed E-state index contributed by atoms with van der Waals surface area (Å²) in [5.74, 6) is 1.54. The SMILES string of the molecule is Cc1nn(C)c(NC2CCN(C)CC2C)c1C(N)=S. The molecule has 0 saturated carbocycles. The van der Waals surface area contributed by atoms with Gasteiger partial charge in [0.05, 0.1) is 11.3 Å². The third-order valence-corrected chi connectivity index (χ3v) is 4.10. The Labute approximate surface area is 120 Å². The molecule has 5 nitrogen and oxygen atoms in total. The van der Waals surface area contributed by atoms with E-state index in [1.165, 1.54) is 0 Å². The Bertz CT molecular complexity index is 482. The average molecular weight is 281 g/mol. The Hall–Kier alpha value is -1.14. The smallest absolute Gasteiger partial charge is 0.134 e. The highest BCUT2D eigenvalue weighted by atomic mass is 32.1. The fraction of sp³-hybridized carbons (Fsp3) is 0.692. The van der Waals surface area contributed by atoms with Crippen molar-refractivity contribution in [2.75, 3.05) is 25.5 Å². The first-order valence-electron chi connectivity index (χ1n) is 6.68. The van der Waals surface area contributed by atoms with E-state index in [1.807, 2.05) is 18.7 Å². The molecule has 1 saturated heterocycles. The molecule has 2 heterocycles. The number of likely N-dealkylation sites (tertiary alicyclic amines) is 1. The molecule has 19 heavy (non-hydrogen) atoms. The van der Waals surface area contributed by atoms with Crippen molar-refractivity contribution in [2.45, 2.75) is 26.3 Å². The lowest BCUT2D eigenvalue weighted by Gasteiger charge is -2.35. The van der Waals surface area contributed by atoms with Gasteiger partial charge in [-0.25, -0.2) is 0 Å². The van der Waals surface area contributed by atoms with Crippen molar-refractivity contribution in [3.05, 3.63) is 11.3 Å². The van der Waals surface area contributed by atoms with E-state index >= 15 is 0 Å². The number of thiocarbonyl (C=S) groups is 1. The van der Waals surface area contributed by atoms with Gasteiger partial charge in [-0.15, -0.1) is 0 Å². The van der Waals surface area contributed by atoms with Gasteiger partial charge in [-0.3, -0.25) is 4.68 Å². The number of hydrogen-bond acceptors (Lipinski definition) is 4. The minimum atomic E-state index is 0.411. The molecule has 0 aromatic carbocycles. The van der Waals surface area contributed by atoms with Gasteiger partial charge in [-0.05, 0) is 32.9 Å². The van der Waals surface area contributed by atoms with Crippen LogP contribution in [0, 0.1) is 12.8 Å². The van der Waals surface area contributed by atoms with Crippen molar-refractivity contribution in [2.24, 2.45) is 18.7 Å². The first kappa shape index (κ1) is 14.3. The average Bonchev–Trinajstić information content (AvgIpc) is 2.57. The van der Waals surface area contributed by atoms with Crippen LogP contribution in [0.1, 0.15) is 24.6 Å². The fourth-order valence-corrected chi connectivity index (χ4v) is 3.11. The third kappa shape index (κ3) is 2.90. The number of aryl methyl sites for hydroxylation is 2. The van der Waals surface area contributed by atoms with E-state index in [4.69, 9.17) is 18.0 Å². The van der Waals surface area contributed by atoms with Crippen molar-refractivity contribution < 1.29 is 0 Å². The molecule has 1 aliphatic rings. The Morgan fingerprint density at radius 2 is 2.16 bits per heavy atom. The second kappa shape index (κ2) is 5.46. The summed E-state index contributed by atoms with van der Waals surface area (Å²) in [6.45, 7) is 6.44. The summed E-state index contributed by atoms with van der Waals surface area (Å²) in [5.41, 5.74) is 7.59. The molecule has 2 unspecified atom stereocenters. The number of nitrogens with one attached hydrogen (secondary N) is 1. The molecule has 0 spiro atoms. The summed E-state index contributed by atoms with van der Waals surface area (Å²) in [6, 6.07) is 0.444. The normalized spacial score (nSPS) is 24.4. The highest BCUT2D eigenvalue weighted by molar-refractivity contribution is 7.80. The minimum absolute atomic E-state index is 0.411. The summed E-state index contributed by atoms with van der Waals surface area (Å²) in [7, 11) is 4.10. The summed E-state index contributed by atoms with van der Waals surface area (Å²) < 4.78 is 1.84. The first-order chi connectivity index (χ1) is 8.90. The van der Waals surface area contributed by atoms with Crippen LogP contribution in [0.4, 0.5) is 5.82 Å². The predicted molar refractivity (Wildman–Crippen MR) is 82.5 cm³/mol. The largest absolute Gasteiger partial charge is 0.389 e. The molecule has 0 radical (unpaired) electrons. The van der Waals surface area contributed by atoms with Crippen LogP contribution in [-0.4, -0.2) is 45.8 Å². The third-order valence-electron chi connectivity index (χ3n) is 3.90. The van der Waals surface area contributed by atoms with Crippen molar-refractivity contribution in [3.8, 4) is 0 Å². The number of nitrogens with zero attached hydrogens (tertiary/aromatic N) is 3. The first-order valence-corrected chi connectivity index (χ1v) is 7.09. The van der Waals surface area contributed by atoms with Gasteiger partial charge in [0.15, 0.2) is 0 Å². The second-order valence-corrected chi connectivity index (χ2v) is 6.02. The van der Waals surface area contributed by atoms with E-state index < -0.39 is 0 Å². The van der Waals surface area contributed by atoms with Crippen LogP contribution < -0.4 is 11.1 Å². The zero-order chi connectivity index (χ0) is 14.2. The standard InChI is InChI=1S/C13H23N5S/c1-8-7-17(3)6-5-10(8)15-13-11(12(14)19)9(2)16-18(13)4/h8,10,15H,5-7H2,1-4H3,(H2,14,19). The number of rotatable bonds is 3. The maximum atomic E-state index is 5.82. The van der Waals surface area contributed by atoms with Gasteiger partial charge in [-0.2, -0.15) is 5.10 Å². The molecular formula is C13H23N5S. The minimum Gasteiger partial charge on any atom is -0.389 e. The van der Waals surface area contributed by atoms with Crippen LogP contribution in [0.25, 0.3) is 0 Å². The second-order valence-electron chi connectivity index (χ2n) is 5.58. The van der Waals surface area contributed by atoms with E-state index in [0.29, 0.717) is 16.9 Å². The van der Waals surface area contributed by atoms with Gasteiger partial charge in [0.1, 0.15) is 10.8 Å². The molecule has 0 aliphatic carbocycles. The predicted octanol–water partition coefficient (Wildman–Crippen LogP) is 1.11. The van der Waals surface area contributed by atoms with E-state index in [1.54, 1.807) is 0 Å². The van der Waals surface area contributed by atoms with Crippen molar-refractivity contribution in [1.82, 2.24) is 14.7 Å². The summed E-state index contributed by atoms with van der Waals surface area (Å²) in [4.78, 5) is 2.78. The van der Waals surface area contributed by atoms with Gasteiger partial charge < -0.3 is 16.0 Å². The molecule has 0 amide bonds. The maximum absolute atomic E-state index is 5.82. The van der Waals surface area contributed by atoms with Crippen LogP contribution in [0.2, 0.25) is 0 Å². The molecule has 1 aromatic rings. The van der Waals surface area contributed by atoms with Gasteiger partial charge in [0, 0.05) is 19.6 Å². The highest BCUT2D eigenvalue weighted by Crippen LogP contribution is 2.24. The van der Waals surface area contributed by atoms with Crippen molar-refractivity contribution in [3.63, 3.8) is 0 Å². The van der Waals surface area contributed by atoms with Crippen LogP contribution in [0.3, 0.4) is 0 Å². The van der Waals surface area contributed by atoms with Crippen molar-refractivity contribution >= 4 is 23.0 Å². The van der Waals surface area contributed by atoms with E-state index in [9.17, 15) is 0 Å². The van der Waals surface area contributed by atoms with Gasteiger partial charge in [0.2, 0.25) is 0 Å². The lowest BCUT2D eigenvalue weighted by Crippen LogP contribution is -2.43. The van der Waals surface area contributed by atoms with Crippen LogP contribution in [0.5, 0.6) is 0 Å². The quantitative estimate of drug-likeness (QED) is 0.813. The number of nitrogens with two attached hydrogens (primary N) is 1. The highest BCUT2D eigenvalue weighted by Gasteiger charge is 2.26. The van der Waals surface area contributed by atoms with Gasteiger partial charge in [0.25, 0.3) is 0 Å². The topological polar surface area (TPSA) is 59.1 Å². The van der Waals surface area contributed by atoms with E-state index in [2.05, 4.69) is 29.3 Å². The Morgan fingerprint density at radius 3 is 2.74 bits per heavy atom. The van der Waals surface area contributed by atoms with Gasteiger partial charge >= 0.3 is 0 Å². The van der Waals surface area contributed by atoms with Crippen LogP contribution in [0.15, 0.2) is 0 Å². The van der Waals surface area contributed by atoms with E-state index in [0.717, 1.165) is 36.6 Å². The number of aromatic nitrogens is 2. The van der Waals surface area contributed by atoms with Crippen molar-refractivity contribution in [1.29, 1.82) is 0 Å². The zero-order valence-electron chi connectivity index (χ0n) is 12.1. The molecule has 1 fully saturated rings. The monoisotopic (exact) mass is 281 g/mol. The molecule has 1 aliphatic heterocycles. The lowest BCUT2D eigenvalue weighted by atomic mass is 9.94. The Balaban J connectivity index is 2.21.